The van der Waals surface area contributed by atoms with E-state index in [1.807, 2.05) is 0 Å². The van der Waals surface area contributed by atoms with Gasteiger partial charge in [-0.15, -0.1) is 0 Å². The SMILES string of the molecule is [N-]=[N+]=NCCCCCCCCC(C[C@@H](N)C(=O)O)C(=O)O. The fourth-order valence-electron chi connectivity index (χ4n) is 2.07. The van der Waals surface area contributed by atoms with Gasteiger partial charge in [-0.05, 0) is 24.8 Å². The van der Waals surface area contributed by atoms with E-state index >= 15 is 0 Å². The number of hydrogen-bond acceptors (Lipinski definition) is 4. The fourth-order valence-corrected chi connectivity index (χ4v) is 2.07. The molecule has 8 nitrogen and oxygen atoms in total. The van der Waals surface area contributed by atoms with Crippen LogP contribution >= 0.6 is 0 Å². The van der Waals surface area contributed by atoms with Gasteiger partial charge in [-0.25, -0.2) is 0 Å². The van der Waals surface area contributed by atoms with Crippen molar-refractivity contribution in [1.29, 1.82) is 0 Å². The number of hydrogen-bond donors (Lipinski definition) is 3. The summed E-state index contributed by atoms with van der Waals surface area (Å²) in [7, 11) is 0. The smallest absolute Gasteiger partial charge is 0.320 e. The Balaban J connectivity index is 3.72. The summed E-state index contributed by atoms with van der Waals surface area (Å²) in [4.78, 5) is 24.3. The van der Waals surface area contributed by atoms with Gasteiger partial charge in [0.15, 0.2) is 0 Å². The molecule has 0 aromatic heterocycles. The van der Waals surface area contributed by atoms with Crippen LogP contribution in [0.3, 0.4) is 0 Å². The van der Waals surface area contributed by atoms with Crippen LogP contribution in [0.5, 0.6) is 0 Å². The Bertz CT molecular complexity index is 369. The molecule has 2 atom stereocenters. The highest BCUT2D eigenvalue weighted by Gasteiger charge is 2.23. The molecule has 0 saturated heterocycles. The first kappa shape index (κ1) is 19.2. The van der Waals surface area contributed by atoms with Crippen LogP contribution in [-0.2, 0) is 9.59 Å². The number of carboxylic acid groups (broad SMARTS) is 2. The average Bonchev–Trinajstić information content (AvgIpc) is 2.43. The maximum Gasteiger partial charge on any atom is 0.320 e. The third-order valence-corrected chi connectivity index (χ3v) is 3.33. The number of unbranched alkanes of at least 4 members (excludes halogenated alkanes) is 5. The molecule has 0 saturated carbocycles. The number of carboxylic acids is 2. The molecule has 0 aromatic rings. The Morgan fingerprint density at radius 3 is 2.14 bits per heavy atom. The summed E-state index contributed by atoms with van der Waals surface area (Å²) in [5.41, 5.74) is 13.5. The lowest BCUT2D eigenvalue weighted by Crippen LogP contribution is -2.34. The van der Waals surface area contributed by atoms with Crippen molar-refractivity contribution in [3.8, 4) is 0 Å². The summed E-state index contributed by atoms with van der Waals surface area (Å²) in [6, 6.07) is -1.12. The molecular weight excluding hydrogens is 276 g/mol. The van der Waals surface area contributed by atoms with E-state index in [0.29, 0.717) is 13.0 Å². The van der Waals surface area contributed by atoms with Gasteiger partial charge in [-0.2, -0.15) is 0 Å². The van der Waals surface area contributed by atoms with Gasteiger partial charge in [0.25, 0.3) is 0 Å². The van der Waals surface area contributed by atoms with Crippen molar-refractivity contribution in [2.45, 2.75) is 57.4 Å². The first-order valence-electron chi connectivity index (χ1n) is 7.21. The minimum atomic E-state index is -1.17. The fraction of sp³-hybridized carbons (Fsp3) is 0.846. The molecule has 0 fully saturated rings. The molecule has 8 heteroatoms. The minimum Gasteiger partial charge on any atom is -0.481 e. The zero-order valence-electron chi connectivity index (χ0n) is 12.1. The highest BCUT2D eigenvalue weighted by molar-refractivity contribution is 5.75. The van der Waals surface area contributed by atoms with Crippen molar-refractivity contribution < 1.29 is 19.8 Å². The molecule has 0 radical (unpaired) electrons. The highest BCUT2D eigenvalue weighted by Crippen LogP contribution is 2.17. The summed E-state index contributed by atoms with van der Waals surface area (Å²) in [6.45, 7) is 0.519. The minimum absolute atomic E-state index is 0.0309. The Labute approximate surface area is 124 Å². The van der Waals surface area contributed by atoms with Crippen molar-refractivity contribution >= 4 is 11.9 Å². The van der Waals surface area contributed by atoms with E-state index in [0.717, 1.165) is 38.5 Å². The maximum atomic E-state index is 11.0. The normalized spacial score (nSPS) is 13.2. The van der Waals surface area contributed by atoms with Gasteiger partial charge >= 0.3 is 11.9 Å². The molecule has 0 spiro atoms. The molecule has 21 heavy (non-hydrogen) atoms. The first-order valence-corrected chi connectivity index (χ1v) is 7.21. The van der Waals surface area contributed by atoms with Crippen LogP contribution in [0.15, 0.2) is 5.11 Å². The molecule has 0 rings (SSSR count). The van der Waals surface area contributed by atoms with Gasteiger partial charge in [-0.3, -0.25) is 9.59 Å². The van der Waals surface area contributed by atoms with E-state index in [9.17, 15) is 9.59 Å². The lowest BCUT2D eigenvalue weighted by Gasteiger charge is -2.14. The molecule has 1 unspecified atom stereocenters. The molecule has 0 bridgehead atoms. The van der Waals surface area contributed by atoms with Crippen LogP contribution in [0, 0.1) is 5.92 Å². The molecule has 0 amide bonds. The van der Waals surface area contributed by atoms with Crippen LogP contribution in [0.25, 0.3) is 10.4 Å². The quantitative estimate of drug-likeness (QED) is 0.207. The third-order valence-electron chi connectivity index (χ3n) is 3.33. The number of rotatable bonds is 13. The Kier molecular flexibility index (Phi) is 11.0. The Morgan fingerprint density at radius 2 is 1.62 bits per heavy atom. The zero-order valence-corrected chi connectivity index (χ0v) is 12.1. The molecule has 120 valence electrons. The number of nitrogens with two attached hydrogens (primary N) is 1. The monoisotopic (exact) mass is 300 g/mol. The van der Waals surface area contributed by atoms with Gasteiger partial charge in [0, 0.05) is 11.5 Å². The van der Waals surface area contributed by atoms with Gasteiger partial charge in [-0.1, -0.05) is 37.2 Å². The van der Waals surface area contributed by atoms with Gasteiger partial charge in [0.2, 0.25) is 0 Å². The molecular formula is C13H24N4O4. The topological polar surface area (TPSA) is 149 Å². The summed E-state index contributed by atoms with van der Waals surface area (Å²) in [5, 5.41) is 21.2. The molecule has 0 heterocycles. The number of aliphatic carboxylic acids is 2. The van der Waals surface area contributed by atoms with Crippen LogP contribution in [0.1, 0.15) is 51.4 Å². The van der Waals surface area contributed by atoms with Crippen LogP contribution in [-0.4, -0.2) is 34.7 Å². The Morgan fingerprint density at radius 1 is 1.05 bits per heavy atom. The summed E-state index contributed by atoms with van der Waals surface area (Å²) >= 11 is 0. The molecule has 0 aliphatic carbocycles. The second-order valence-corrected chi connectivity index (χ2v) is 5.08. The Hall–Kier alpha value is -1.79. The van der Waals surface area contributed by atoms with Gasteiger partial charge < -0.3 is 15.9 Å². The summed E-state index contributed by atoms with van der Waals surface area (Å²) in [6.07, 6.45) is 5.96. The third kappa shape index (κ3) is 10.6. The number of carbonyl (C=O) groups is 2. The van der Waals surface area contributed by atoms with E-state index in [1.54, 1.807) is 0 Å². The largest absolute Gasteiger partial charge is 0.481 e. The van der Waals surface area contributed by atoms with Gasteiger partial charge in [0.1, 0.15) is 6.04 Å². The number of azide groups is 1. The molecule has 0 aromatic carbocycles. The molecule has 0 aliphatic heterocycles. The predicted octanol–water partition coefficient (Wildman–Crippen LogP) is 2.53. The summed E-state index contributed by atoms with van der Waals surface area (Å²) < 4.78 is 0. The van der Waals surface area contributed by atoms with Crippen LogP contribution in [0.4, 0.5) is 0 Å². The molecule has 0 aliphatic rings. The second-order valence-electron chi connectivity index (χ2n) is 5.08. The maximum absolute atomic E-state index is 11.0. The van der Waals surface area contributed by atoms with Crippen molar-refractivity contribution in [3.05, 3.63) is 10.4 Å². The van der Waals surface area contributed by atoms with E-state index < -0.39 is 23.9 Å². The summed E-state index contributed by atoms with van der Waals surface area (Å²) in [5.74, 6) is -2.84. The van der Waals surface area contributed by atoms with E-state index in [2.05, 4.69) is 10.0 Å². The average molecular weight is 300 g/mol. The zero-order chi connectivity index (χ0) is 16.1. The first-order chi connectivity index (χ1) is 9.99. The van der Waals surface area contributed by atoms with Crippen molar-refractivity contribution in [2.75, 3.05) is 6.54 Å². The number of nitrogens with zero attached hydrogens (tertiary/aromatic N) is 3. The van der Waals surface area contributed by atoms with Crippen molar-refractivity contribution in [2.24, 2.45) is 16.8 Å². The van der Waals surface area contributed by atoms with Crippen molar-refractivity contribution in [1.82, 2.24) is 0 Å². The lowest BCUT2D eigenvalue weighted by molar-refractivity contribution is -0.143. The predicted molar refractivity (Wildman–Crippen MR) is 77.7 cm³/mol. The van der Waals surface area contributed by atoms with Crippen molar-refractivity contribution in [3.63, 3.8) is 0 Å². The van der Waals surface area contributed by atoms with E-state index in [-0.39, 0.29) is 6.42 Å². The van der Waals surface area contributed by atoms with Crippen LogP contribution < -0.4 is 5.73 Å². The van der Waals surface area contributed by atoms with E-state index in [4.69, 9.17) is 21.5 Å². The highest BCUT2D eigenvalue weighted by atomic mass is 16.4. The van der Waals surface area contributed by atoms with Gasteiger partial charge in [0.05, 0.1) is 5.92 Å². The van der Waals surface area contributed by atoms with Crippen LogP contribution in [0.2, 0.25) is 0 Å². The lowest BCUT2D eigenvalue weighted by atomic mass is 9.94. The second kappa shape index (κ2) is 12.0. The van der Waals surface area contributed by atoms with E-state index in [1.165, 1.54) is 0 Å². The standard InChI is InChI=1S/C13H24N4O4/c14-11(13(20)21)9-10(12(18)19)7-5-3-1-2-4-6-8-16-17-15/h10-11H,1-9,14H2,(H,18,19)(H,20,21)/t10?,11-/m1/s1. The molecule has 4 N–H and O–H groups in total.